The zero-order valence-corrected chi connectivity index (χ0v) is 16.3. The van der Waals surface area contributed by atoms with Crippen LogP contribution < -0.4 is 10.3 Å². The van der Waals surface area contributed by atoms with E-state index in [1.54, 1.807) is 23.9 Å². The highest BCUT2D eigenvalue weighted by molar-refractivity contribution is 8.00. The molecule has 0 N–H and O–H groups in total. The molecule has 142 valence electrons. The van der Waals surface area contributed by atoms with Gasteiger partial charge in [-0.25, -0.2) is 0 Å². The van der Waals surface area contributed by atoms with Crippen molar-refractivity contribution in [3.63, 3.8) is 0 Å². The summed E-state index contributed by atoms with van der Waals surface area (Å²) in [4.78, 5) is 26.8. The minimum Gasteiger partial charge on any atom is -0.456 e. The van der Waals surface area contributed by atoms with Crippen LogP contribution in [0.2, 0.25) is 0 Å². The molecule has 3 aromatic carbocycles. The Morgan fingerprint density at radius 3 is 2.38 bits per heavy atom. The normalized spacial score (nSPS) is 16.5. The van der Waals surface area contributed by atoms with Gasteiger partial charge in [-0.1, -0.05) is 42.5 Å². The Labute approximate surface area is 171 Å². The molecule has 2 heterocycles. The summed E-state index contributed by atoms with van der Waals surface area (Å²) in [6.45, 7) is 0. The number of nitrogens with zero attached hydrogens (tertiary/aromatic N) is 1. The van der Waals surface area contributed by atoms with Crippen LogP contribution in [0.4, 0.5) is 5.69 Å². The van der Waals surface area contributed by atoms with Crippen LogP contribution in [-0.2, 0) is 4.79 Å². The van der Waals surface area contributed by atoms with E-state index in [1.807, 2.05) is 71.6 Å². The Bertz CT molecular complexity index is 1250. The summed E-state index contributed by atoms with van der Waals surface area (Å²) in [5, 5.41) is 0.534. The van der Waals surface area contributed by atoms with Crippen LogP contribution >= 0.6 is 11.8 Å². The highest BCUT2D eigenvalue weighted by Crippen LogP contribution is 2.42. The predicted molar refractivity (Wildman–Crippen MR) is 117 cm³/mol. The summed E-state index contributed by atoms with van der Waals surface area (Å²) in [5.74, 6) is 1.07. The van der Waals surface area contributed by atoms with Gasteiger partial charge in [-0.3, -0.25) is 14.5 Å². The molecule has 1 aromatic heterocycles. The summed E-state index contributed by atoms with van der Waals surface area (Å²) in [6.07, 6.45) is 0. The van der Waals surface area contributed by atoms with Crippen molar-refractivity contribution in [3.05, 3.63) is 101 Å². The number of amides is 1. The van der Waals surface area contributed by atoms with Crippen LogP contribution in [-0.4, -0.2) is 11.7 Å². The van der Waals surface area contributed by atoms with E-state index in [1.165, 1.54) is 6.07 Å². The Morgan fingerprint density at radius 2 is 1.59 bits per heavy atom. The first-order valence-corrected chi connectivity index (χ1v) is 10.4. The van der Waals surface area contributed by atoms with Crippen molar-refractivity contribution in [2.45, 2.75) is 5.37 Å². The number of rotatable bonds is 3. The summed E-state index contributed by atoms with van der Waals surface area (Å²) < 4.78 is 5.92. The molecule has 29 heavy (non-hydrogen) atoms. The maximum Gasteiger partial charge on any atom is 0.238 e. The van der Waals surface area contributed by atoms with E-state index in [0.29, 0.717) is 22.5 Å². The fourth-order valence-electron chi connectivity index (χ4n) is 3.60. The first kappa shape index (κ1) is 17.8. The molecule has 4 nitrogen and oxygen atoms in total. The van der Waals surface area contributed by atoms with Gasteiger partial charge >= 0.3 is 0 Å². The third kappa shape index (κ3) is 3.23. The van der Waals surface area contributed by atoms with Crippen LogP contribution in [0.3, 0.4) is 0 Å². The van der Waals surface area contributed by atoms with Crippen molar-refractivity contribution < 1.29 is 9.21 Å². The van der Waals surface area contributed by atoms with E-state index in [0.717, 1.165) is 16.8 Å². The van der Waals surface area contributed by atoms with E-state index < -0.39 is 0 Å². The lowest BCUT2D eigenvalue weighted by atomic mass is 10.1. The number of hydrogen-bond acceptors (Lipinski definition) is 4. The van der Waals surface area contributed by atoms with Crippen molar-refractivity contribution in [2.75, 3.05) is 10.7 Å². The molecule has 1 fully saturated rings. The van der Waals surface area contributed by atoms with E-state index >= 15 is 0 Å². The quantitative estimate of drug-likeness (QED) is 0.473. The molecule has 5 heteroatoms. The van der Waals surface area contributed by atoms with Gasteiger partial charge in [0, 0.05) is 17.3 Å². The average Bonchev–Trinajstić information content (AvgIpc) is 3.16. The van der Waals surface area contributed by atoms with Gasteiger partial charge in [0.2, 0.25) is 5.91 Å². The SMILES string of the molecule is O=C1CSC(c2ccccc2)N1c1ccc(-c2cc(=O)c3ccccc3o2)cc1. The molecular weight excluding hydrogens is 382 g/mol. The fraction of sp³-hybridized carbons (Fsp3) is 0.0833. The first-order valence-electron chi connectivity index (χ1n) is 9.33. The maximum absolute atomic E-state index is 12.5. The molecule has 1 amide bonds. The van der Waals surface area contributed by atoms with Gasteiger partial charge in [-0.2, -0.15) is 0 Å². The second kappa shape index (κ2) is 7.26. The summed E-state index contributed by atoms with van der Waals surface area (Å²) >= 11 is 1.63. The maximum atomic E-state index is 12.5. The molecule has 0 aliphatic carbocycles. The van der Waals surface area contributed by atoms with Gasteiger partial charge in [-0.15, -0.1) is 11.8 Å². The van der Waals surface area contributed by atoms with Gasteiger partial charge in [-0.05, 0) is 42.0 Å². The number of para-hydroxylation sites is 1. The lowest BCUT2D eigenvalue weighted by Crippen LogP contribution is -2.27. The molecular formula is C24H17NO3S. The molecule has 4 aromatic rings. The van der Waals surface area contributed by atoms with Crippen molar-refractivity contribution in [1.82, 2.24) is 0 Å². The van der Waals surface area contributed by atoms with Gasteiger partial charge in [0.1, 0.15) is 16.7 Å². The molecule has 5 rings (SSSR count). The highest BCUT2D eigenvalue weighted by atomic mass is 32.2. The molecule has 0 radical (unpaired) electrons. The van der Waals surface area contributed by atoms with Crippen LogP contribution in [0.15, 0.2) is 94.1 Å². The van der Waals surface area contributed by atoms with E-state index in [-0.39, 0.29) is 16.7 Å². The summed E-state index contributed by atoms with van der Waals surface area (Å²) in [5.41, 5.74) is 3.23. The topological polar surface area (TPSA) is 50.5 Å². The largest absolute Gasteiger partial charge is 0.456 e. The molecule has 1 unspecified atom stereocenters. The predicted octanol–water partition coefficient (Wildman–Crippen LogP) is 5.24. The number of carbonyl (C=O) groups is 1. The molecule has 1 aliphatic rings. The van der Waals surface area contributed by atoms with Crippen LogP contribution in [0, 0.1) is 0 Å². The molecule has 0 saturated carbocycles. The summed E-state index contributed by atoms with van der Waals surface area (Å²) in [6, 6.07) is 26.4. The Morgan fingerprint density at radius 1 is 0.862 bits per heavy atom. The van der Waals surface area contributed by atoms with Gasteiger partial charge < -0.3 is 4.42 Å². The number of hydrogen-bond donors (Lipinski definition) is 0. The Hall–Kier alpha value is -3.31. The Kier molecular flexibility index (Phi) is 4.45. The molecule has 1 saturated heterocycles. The first-order chi connectivity index (χ1) is 14.2. The Balaban J connectivity index is 1.50. The highest BCUT2D eigenvalue weighted by Gasteiger charge is 2.33. The van der Waals surface area contributed by atoms with Gasteiger partial charge in [0.25, 0.3) is 0 Å². The third-order valence-electron chi connectivity index (χ3n) is 5.02. The average molecular weight is 399 g/mol. The zero-order chi connectivity index (χ0) is 19.8. The van der Waals surface area contributed by atoms with Crippen LogP contribution in [0.25, 0.3) is 22.3 Å². The van der Waals surface area contributed by atoms with E-state index in [4.69, 9.17) is 4.42 Å². The van der Waals surface area contributed by atoms with E-state index in [2.05, 4.69) is 0 Å². The minimum atomic E-state index is -0.0683. The van der Waals surface area contributed by atoms with Crippen molar-refractivity contribution in [3.8, 4) is 11.3 Å². The fourth-order valence-corrected chi connectivity index (χ4v) is 4.78. The second-order valence-electron chi connectivity index (χ2n) is 6.86. The molecule has 1 aliphatic heterocycles. The smallest absolute Gasteiger partial charge is 0.238 e. The zero-order valence-electron chi connectivity index (χ0n) is 15.4. The number of carbonyl (C=O) groups excluding carboxylic acids is 1. The van der Waals surface area contributed by atoms with Crippen LogP contribution in [0.5, 0.6) is 0 Å². The molecule has 0 bridgehead atoms. The standard InChI is InChI=1S/C24H17NO3S/c26-20-14-22(28-21-9-5-4-8-19(20)21)16-10-12-18(13-11-16)25-23(27)15-29-24(25)17-6-2-1-3-7-17/h1-14,24H,15H2. The van der Waals surface area contributed by atoms with E-state index in [9.17, 15) is 9.59 Å². The van der Waals surface area contributed by atoms with Gasteiger partial charge in [0.15, 0.2) is 5.43 Å². The monoisotopic (exact) mass is 399 g/mol. The second-order valence-corrected chi connectivity index (χ2v) is 7.92. The van der Waals surface area contributed by atoms with Crippen molar-refractivity contribution in [1.29, 1.82) is 0 Å². The van der Waals surface area contributed by atoms with Crippen molar-refractivity contribution >= 4 is 34.3 Å². The van der Waals surface area contributed by atoms with Gasteiger partial charge in [0.05, 0.1) is 11.1 Å². The lowest BCUT2D eigenvalue weighted by molar-refractivity contribution is -0.115. The number of fused-ring (bicyclic) bond motifs is 1. The van der Waals surface area contributed by atoms with Crippen LogP contribution in [0.1, 0.15) is 10.9 Å². The molecule has 0 spiro atoms. The number of benzene rings is 3. The number of anilines is 1. The third-order valence-corrected chi connectivity index (χ3v) is 6.23. The molecule has 1 atom stereocenters. The van der Waals surface area contributed by atoms with Crippen molar-refractivity contribution in [2.24, 2.45) is 0 Å². The minimum absolute atomic E-state index is 0.0341. The lowest BCUT2D eigenvalue weighted by Gasteiger charge is -2.24. The summed E-state index contributed by atoms with van der Waals surface area (Å²) in [7, 11) is 0. The number of thioether (sulfide) groups is 1.